The predicted octanol–water partition coefficient (Wildman–Crippen LogP) is 2.09. The molecule has 0 atom stereocenters. The van der Waals surface area contributed by atoms with E-state index in [0.29, 0.717) is 29.8 Å². The lowest BCUT2D eigenvalue weighted by molar-refractivity contribution is 0.00791. The molecule has 35 heavy (non-hydrogen) atoms. The van der Waals surface area contributed by atoms with E-state index in [2.05, 4.69) is 30.9 Å². The molecule has 1 saturated carbocycles. The zero-order valence-electron chi connectivity index (χ0n) is 20.5. The zero-order chi connectivity index (χ0) is 24.0. The number of fused-ring (bicyclic) bond motifs is 1. The second-order valence-electron chi connectivity index (χ2n) is 9.62. The van der Waals surface area contributed by atoms with E-state index in [1.54, 1.807) is 6.20 Å². The number of aryl methyl sites for hydroxylation is 1. The molecule has 0 radical (unpaired) electrons. The van der Waals surface area contributed by atoms with Crippen LogP contribution in [-0.2, 0) is 16.5 Å². The van der Waals surface area contributed by atoms with Gasteiger partial charge in [0.2, 0.25) is 5.95 Å². The van der Waals surface area contributed by atoms with Crippen LogP contribution in [0.15, 0.2) is 18.1 Å². The largest absolute Gasteiger partial charge is 0.386 e. The molecule has 5 rings (SSSR count). The Balaban J connectivity index is 1.26. The molecule has 11 heteroatoms. The third-order valence-corrected chi connectivity index (χ3v) is 7.29. The number of nitrogens with one attached hydrogen (secondary N) is 4. The first-order chi connectivity index (χ1) is 17.2. The third kappa shape index (κ3) is 5.91. The SMILES string of the molecule is Cn1ncc2nc(N/C(C=N)=C/NC3CCOCC3)nc(N[C@H]3CC[C@H](N4CCOCC4)CC3)c21. The normalized spacial score (nSPS) is 24.9. The second-order valence-corrected chi connectivity index (χ2v) is 9.62. The second kappa shape index (κ2) is 11.3. The lowest BCUT2D eigenvalue weighted by Crippen LogP contribution is -2.46. The van der Waals surface area contributed by atoms with Gasteiger partial charge in [0.1, 0.15) is 11.0 Å². The summed E-state index contributed by atoms with van der Waals surface area (Å²) in [5.41, 5.74) is 2.28. The van der Waals surface area contributed by atoms with Crippen molar-refractivity contribution in [2.45, 2.75) is 56.7 Å². The van der Waals surface area contributed by atoms with Crippen LogP contribution in [0.2, 0.25) is 0 Å². The summed E-state index contributed by atoms with van der Waals surface area (Å²) >= 11 is 0. The Morgan fingerprint density at radius 3 is 2.49 bits per heavy atom. The van der Waals surface area contributed by atoms with Gasteiger partial charge in [0.05, 0.1) is 25.1 Å². The molecule has 3 fully saturated rings. The molecule has 190 valence electrons. The number of hydrogen-bond acceptors (Lipinski definition) is 10. The molecule has 2 aliphatic heterocycles. The number of allylic oxidation sites excluding steroid dienone is 1. The van der Waals surface area contributed by atoms with Crippen molar-refractivity contribution < 1.29 is 9.47 Å². The summed E-state index contributed by atoms with van der Waals surface area (Å²) in [5.74, 6) is 1.24. The van der Waals surface area contributed by atoms with Gasteiger partial charge in [0, 0.05) is 63.9 Å². The maximum Gasteiger partial charge on any atom is 0.230 e. The van der Waals surface area contributed by atoms with Crippen molar-refractivity contribution in [3.05, 3.63) is 18.1 Å². The maximum absolute atomic E-state index is 7.84. The van der Waals surface area contributed by atoms with Crippen LogP contribution >= 0.6 is 0 Å². The van der Waals surface area contributed by atoms with Gasteiger partial charge < -0.3 is 30.8 Å². The first kappa shape index (κ1) is 24.0. The Hall–Kier alpha value is -2.76. The zero-order valence-corrected chi connectivity index (χ0v) is 20.5. The number of nitrogens with zero attached hydrogens (tertiary/aromatic N) is 5. The summed E-state index contributed by atoms with van der Waals surface area (Å²) in [6.07, 6.45) is 11.4. The Morgan fingerprint density at radius 1 is 1.00 bits per heavy atom. The van der Waals surface area contributed by atoms with Gasteiger partial charge >= 0.3 is 0 Å². The van der Waals surface area contributed by atoms with Crippen LogP contribution in [0.1, 0.15) is 38.5 Å². The molecular weight excluding hydrogens is 446 g/mol. The molecule has 0 amide bonds. The molecule has 0 spiro atoms. The smallest absolute Gasteiger partial charge is 0.230 e. The van der Waals surface area contributed by atoms with Gasteiger partial charge in [-0.1, -0.05) is 0 Å². The molecule has 0 aromatic carbocycles. The number of hydrogen-bond donors (Lipinski definition) is 4. The fourth-order valence-corrected chi connectivity index (χ4v) is 5.27. The van der Waals surface area contributed by atoms with E-state index >= 15 is 0 Å². The van der Waals surface area contributed by atoms with Gasteiger partial charge in [-0.25, -0.2) is 4.98 Å². The minimum Gasteiger partial charge on any atom is -0.386 e. The lowest BCUT2D eigenvalue weighted by atomic mass is 9.90. The number of morpholine rings is 1. The van der Waals surface area contributed by atoms with Gasteiger partial charge in [-0.3, -0.25) is 9.58 Å². The van der Waals surface area contributed by atoms with E-state index in [1.165, 1.54) is 19.1 Å². The molecule has 0 unspecified atom stereocenters. The molecular formula is C24H37N9O2. The first-order valence-corrected chi connectivity index (χ1v) is 12.8. The average molecular weight is 484 g/mol. The molecule has 4 heterocycles. The highest BCUT2D eigenvalue weighted by Gasteiger charge is 2.27. The first-order valence-electron chi connectivity index (χ1n) is 12.8. The predicted molar refractivity (Wildman–Crippen MR) is 136 cm³/mol. The van der Waals surface area contributed by atoms with Gasteiger partial charge in [-0.15, -0.1) is 0 Å². The topological polar surface area (TPSA) is 125 Å². The molecule has 3 aliphatic rings. The summed E-state index contributed by atoms with van der Waals surface area (Å²) in [7, 11) is 1.92. The van der Waals surface area contributed by atoms with E-state index in [9.17, 15) is 0 Å². The number of ether oxygens (including phenoxy) is 2. The Labute approximate surface area is 206 Å². The van der Waals surface area contributed by atoms with Crippen LogP contribution in [0.3, 0.4) is 0 Å². The lowest BCUT2D eigenvalue weighted by Gasteiger charge is -2.39. The third-order valence-electron chi connectivity index (χ3n) is 7.29. The van der Waals surface area contributed by atoms with Crippen molar-refractivity contribution in [3.63, 3.8) is 0 Å². The Bertz CT molecular complexity index is 1020. The Morgan fingerprint density at radius 2 is 1.74 bits per heavy atom. The molecule has 2 aromatic heterocycles. The molecule has 4 N–H and O–H groups in total. The fourth-order valence-electron chi connectivity index (χ4n) is 5.27. The minimum atomic E-state index is 0.354. The molecule has 2 aromatic rings. The molecule has 2 saturated heterocycles. The monoisotopic (exact) mass is 483 g/mol. The summed E-state index contributed by atoms with van der Waals surface area (Å²) < 4.78 is 12.8. The van der Waals surface area contributed by atoms with Crippen molar-refractivity contribution >= 4 is 29.0 Å². The summed E-state index contributed by atoms with van der Waals surface area (Å²) in [6.45, 7) is 5.33. The van der Waals surface area contributed by atoms with Crippen molar-refractivity contribution in [3.8, 4) is 0 Å². The van der Waals surface area contributed by atoms with Gasteiger partial charge in [0.15, 0.2) is 5.82 Å². The minimum absolute atomic E-state index is 0.354. The quantitative estimate of drug-likeness (QED) is 0.418. The standard InChI is InChI=1S/C24H37N9O2/c1-32-22-21(16-27-32)30-24(29-19(14-25)15-26-17-6-10-34-11-7-17)31-23(22)28-18-2-4-20(5-3-18)33-8-12-35-13-9-33/h14-18,20,25-26H,2-13H2,1H3,(H2,28,29,30,31)/b19-15+,25-14?/t18-,20-. The fraction of sp³-hybridized carbons (Fsp3) is 0.667. The van der Waals surface area contributed by atoms with Crippen LogP contribution in [0.4, 0.5) is 11.8 Å². The number of anilines is 2. The average Bonchev–Trinajstić information content (AvgIpc) is 3.28. The van der Waals surface area contributed by atoms with Crippen LogP contribution < -0.4 is 16.0 Å². The van der Waals surface area contributed by atoms with E-state index in [1.807, 2.05) is 17.9 Å². The van der Waals surface area contributed by atoms with E-state index in [-0.39, 0.29) is 0 Å². The molecule has 1 aliphatic carbocycles. The van der Waals surface area contributed by atoms with Crippen LogP contribution in [0.25, 0.3) is 11.0 Å². The van der Waals surface area contributed by atoms with E-state index in [0.717, 1.165) is 82.1 Å². The van der Waals surface area contributed by atoms with Gasteiger partial charge in [-0.2, -0.15) is 10.1 Å². The number of aromatic nitrogens is 4. The van der Waals surface area contributed by atoms with Gasteiger partial charge in [0.25, 0.3) is 0 Å². The van der Waals surface area contributed by atoms with Crippen molar-refractivity contribution in [1.29, 1.82) is 5.41 Å². The van der Waals surface area contributed by atoms with Gasteiger partial charge in [-0.05, 0) is 38.5 Å². The van der Waals surface area contributed by atoms with Crippen LogP contribution in [0.5, 0.6) is 0 Å². The van der Waals surface area contributed by atoms with E-state index < -0.39 is 0 Å². The highest BCUT2D eigenvalue weighted by molar-refractivity contribution is 5.87. The maximum atomic E-state index is 7.84. The van der Waals surface area contributed by atoms with E-state index in [4.69, 9.17) is 19.9 Å². The highest BCUT2D eigenvalue weighted by atomic mass is 16.5. The van der Waals surface area contributed by atoms with Crippen molar-refractivity contribution in [1.82, 2.24) is 30.0 Å². The van der Waals surface area contributed by atoms with Crippen molar-refractivity contribution in [2.24, 2.45) is 7.05 Å². The Kier molecular flexibility index (Phi) is 7.75. The summed E-state index contributed by atoms with van der Waals surface area (Å²) in [6, 6.07) is 1.37. The summed E-state index contributed by atoms with van der Waals surface area (Å²) in [4.78, 5) is 12.0. The molecule has 11 nitrogen and oxygen atoms in total. The molecule has 0 bridgehead atoms. The number of rotatable bonds is 8. The highest BCUT2D eigenvalue weighted by Crippen LogP contribution is 2.29. The van der Waals surface area contributed by atoms with Crippen molar-refractivity contribution in [2.75, 3.05) is 50.2 Å². The van der Waals surface area contributed by atoms with Crippen LogP contribution in [-0.4, -0.2) is 88.5 Å². The summed E-state index contributed by atoms with van der Waals surface area (Å²) in [5, 5.41) is 22.5. The van der Waals surface area contributed by atoms with Crippen LogP contribution in [0, 0.1) is 5.41 Å².